The summed E-state index contributed by atoms with van der Waals surface area (Å²) in [6.45, 7) is 2.02. The van der Waals surface area contributed by atoms with Crippen LogP contribution in [0.4, 0.5) is 0 Å². The molecule has 1 aromatic carbocycles. The molecular formula is C14H20BrNS. The Morgan fingerprint density at radius 2 is 2.12 bits per heavy atom. The van der Waals surface area contributed by atoms with Gasteiger partial charge in [0.2, 0.25) is 0 Å². The molecule has 1 fully saturated rings. The Hall–Kier alpha value is 0.01000. The molecule has 1 atom stereocenters. The standard InChI is InChI=1S/C14H20BrNS/c1-10(16)12-6-7-14(13(15)8-12)17-9-11-4-2-3-5-11/h6-8,10-11H,2-5,9,16H2,1H3. The highest BCUT2D eigenvalue weighted by Crippen LogP contribution is 2.34. The molecule has 1 nitrogen and oxygen atoms in total. The number of nitrogens with two attached hydrogens (primary N) is 1. The fourth-order valence-corrected chi connectivity index (χ4v) is 4.15. The van der Waals surface area contributed by atoms with E-state index in [2.05, 4.69) is 34.1 Å². The first-order chi connectivity index (χ1) is 8.16. The summed E-state index contributed by atoms with van der Waals surface area (Å²) in [6, 6.07) is 6.61. The monoisotopic (exact) mass is 313 g/mol. The molecule has 1 unspecified atom stereocenters. The summed E-state index contributed by atoms with van der Waals surface area (Å²) in [6.07, 6.45) is 5.69. The predicted octanol–water partition coefficient (Wildman–Crippen LogP) is 4.75. The molecule has 1 aromatic rings. The lowest BCUT2D eigenvalue weighted by molar-refractivity contribution is 0.623. The van der Waals surface area contributed by atoms with E-state index < -0.39 is 0 Å². The van der Waals surface area contributed by atoms with Crippen LogP contribution in [0, 0.1) is 5.92 Å². The van der Waals surface area contributed by atoms with Crippen LogP contribution in [-0.4, -0.2) is 5.75 Å². The summed E-state index contributed by atoms with van der Waals surface area (Å²) in [5.41, 5.74) is 7.07. The van der Waals surface area contributed by atoms with Crippen molar-refractivity contribution in [1.29, 1.82) is 0 Å². The highest BCUT2D eigenvalue weighted by Gasteiger charge is 2.15. The zero-order valence-electron chi connectivity index (χ0n) is 10.3. The average molecular weight is 314 g/mol. The summed E-state index contributed by atoms with van der Waals surface area (Å²) in [4.78, 5) is 1.35. The number of halogens is 1. The summed E-state index contributed by atoms with van der Waals surface area (Å²) >= 11 is 5.63. The van der Waals surface area contributed by atoms with Gasteiger partial charge in [0.25, 0.3) is 0 Å². The van der Waals surface area contributed by atoms with Crippen molar-refractivity contribution in [3.63, 3.8) is 0 Å². The van der Waals surface area contributed by atoms with Gasteiger partial charge in [0, 0.05) is 21.2 Å². The van der Waals surface area contributed by atoms with Crippen molar-refractivity contribution < 1.29 is 0 Å². The summed E-state index contributed by atoms with van der Waals surface area (Å²) in [5.74, 6) is 2.19. The van der Waals surface area contributed by atoms with E-state index in [1.807, 2.05) is 18.7 Å². The molecule has 0 spiro atoms. The smallest absolute Gasteiger partial charge is 0.0314 e. The molecule has 0 bridgehead atoms. The van der Waals surface area contributed by atoms with Gasteiger partial charge < -0.3 is 5.73 Å². The van der Waals surface area contributed by atoms with Crippen LogP contribution in [0.15, 0.2) is 27.6 Å². The van der Waals surface area contributed by atoms with Crippen LogP contribution >= 0.6 is 27.7 Å². The summed E-state index contributed by atoms with van der Waals surface area (Å²) in [7, 11) is 0. The van der Waals surface area contributed by atoms with E-state index in [0.717, 1.165) is 5.92 Å². The van der Waals surface area contributed by atoms with Gasteiger partial charge in [-0.25, -0.2) is 0 Å². The Morgan fingerprint density at radius 3 is 2.71 bits per heavy atom. The molecule has 17 heavy (non-hydrogen) atoms. The second-order valence-corrected chi connectivity index (χ2v) is 6.86. The normalized spacial score (nSPS) is 18.5. The van der Waals surface area contributed by atoms with Gasteiger partial charge in [-0.1, -0.05) is 18.9 Å². The molecule has 0 radical (unpaired) electrons. The van der Waals surface area contributed by atoms with Gasteiger partial charge in [-0.2, -0.15) is 0 Å². The van der Waals surface area contributed by atoms with Gasteiger partial charge in [0.1, 0.15) is 0 Å². The van der Waals surface area contributed by atoms with Crippen molar-refractivity contribution in [3.8, 4) is 0 Å². The maximum atomic E-state index is 5.88. The summed E-state index contributed by atoms with van der Waals surface area (Å²) in [5, 5.41) is 0. The van der Waals surface area contributed by atoms with Crippen molar-refractivity contribution in [3.05, 3.63) is 28.2 Å². The lowest BCUT2D eigenvalue weighted by Gasteiger charge is -2.12. The van der Waals surface area contributed by atoms with Crippen molar-refractivity contribution in [2.75, 3.05) is 5.75 Å². The highest BCUT2D eigenvalue weighted by atomic mass is 79.9. The van der Waals surface area contributed by atoms with Gasteiger partial charge >= 0.3 is 0 Å². The molecule has 94 valence electrons. The molecular weight excluding hydrogens is 294 g/mol. The SMILES string of the molecule is CC(N)c1ccc(SCC2CCCC2)c(Br)c1. The van der Waals surface area contributed by atoms with Crippen molar-refractivity contribution in [2.45, 2.75) is 43.5 Å². The molecule has 0 aliphatic heterocycles. The fraction of sp³-hybridized carbons (Fsp3) is 0.571. The minimum absolute atomic E-state index is 0.111. The maximum absolute atomic E-state index is 5.88. The zero-order valence-corrected chi connectivity index (χ0v) is 12.7. The molecule has 3 heteroatoms. The predicted molar refractivity (Wildman–Crippen MR) is 79.4 cm³/mol. The number of hydrogen-bond donors (Lipinski definition) is 1. The number of benzene rings is 1. The van der Waals surface area contributed by atoms with Crippen LogP contribution in [0.5, 0.6) is 0 Å². The minimum Gasteiger partial charge on any atom is -0.324 e. The van der Waals surface area contributed by atoms with E-state index in [9.17, 15) is 0 Å². The molecule has 1 aliphatic rings. The number of thioether (sulfide) groups is 1. The van der Waals surface area contributed by atoms with Crippen LogP contribution in [-0.2, 0) is 0 Å². The van der Waals surface area contributed by atoms with E-state index in [4.69, 9.17) is 5.73 Å². The lowest BCUT2D eigenvalue weighted by Crippen LogP contribution is -2.04. The zero-order chi connectivity index (χ0) is 12.3. The van der Waals surface area contributed by atoms with Gasteiger partial charge in [0.15, 0.2) is 0 Å². The van der Waals surface area contributed by atoms with Gasteiger partial charge in [-0.05, 0) is 59.3 Å². The third-order valence-corrected chi connectivity index (χ3v) is 5.65. The maximum Gasteiger partial charge on any atom is 0.0314 e. The van der Waals surface area contributed by atoms with E-state index >= 15 is 0 Å². The van der Waals surface area contributed by atoms with Crippen molar-refractivity contribution >= 4 is 27.7 Å². The van der Waals surface area contributed by atoms with E-state index in [1.54, 1.807) is 0 Å². The molecule has 1 aliphatic carbocycles. The summed E-state index contributed by atoms with van der Waals surface area (Å²) < 4.78 is 1.19. The first-order valence-corrected chi connectivity index (χ1v) is 8.12. The van der Waals surface area contributed by atoms with Crippen molar-refractivity contribution in [1.82, 2.24) is 0 Å². The Morgan fingerprint density at radius 1 is 1.41 bits per heavy atom. The number of hydrogen-bond acceptors (Lipinski definition) is 2. The Balaban J connectivity index is 1.96. The van der Waals surface area contributed by atoms with Crippen molar-refractivity contribution in [2.24, 2.45) is 11.7 Å². The van der Waals surface area contributed by atoms with Gasteiger partial charge in [-0.15, -0.1) is 11.8 Å². The Kier molecular flexibility index (Phi) is 4.95. The highest BCUT2D eigenvalue weighted by molar-refractivity contribution is 9.10. The molecule has 0 saturated heterocycles. The Bertz CT molecular complexity index is 372. The minimum atomic E-state index is 0.111. The second-order valence-electron chi connectivity index (χ2n) is 4.94. The average Bonchev–Trinajstić information content (AvgIpc) is 2.80. The first-order valence-electron chi connectivity index (χ1n) is 6.34. The quantitative estimate of drug-likeness (QED) is 0.812. The van der Waals surface area contributed by atoms with E-state index in [1.165, 1.54) is 46.4 Å². The number of rotatable bonds is 4. The van der Waals surface area contributed by atoms with Gasteiger partial charge in [-0.3, -0.25) is 0 Å². The first kappa shape index (κ1) is 13.4. The van der Waals surface area contributed by atoms with Crippen LogP contribution < -0.4 is 5.73 Å². The van der Waals surface area contributed by atoms with Crippen LogP contribution in [0.25, 0.3) is 0 Å². The van der Waals surface area contributed by atoms with E-state index in [-0.39, 0.29) is 6.04 Å². The van der Waals surface area contributed by atoms with Crippen LogP contribution in [0.3, 0.4) is 0 Å². The van der Waals surface area contributed by atoms with Crippen LogP contribution in [0.1, 0.15) is 44.2 Å². The second kappa shape index (κ2) is 6.26. The molecule has 1 saturated carbocycles. The van der Waals surface area contributed by atoms with Crippen LogP contribution in [0.2, 0.25) is 0 Å². The largest absolute Gasteiger partial charge is 0.324 e. The molecule has 0 amide bonds. The fourth-order valence-electron chi connectivity index (χ4n) is 2.30. The molecule has 0 heterocycles. The Labute approximate surface area is 117 Å². The molecule has 2 N–H and O–H groups in total. The van der Waals surface area contributed by atoms with Gasteiger partial charge in [0.05, 0.1) is 0 Å². The molecule has 2 rings (SSSR count). The lowest BCUT2D eigenvalue weighted by atomic mass is 10.1. The van der Waals surface area contributed by atoms with E-state index in [0.29, 0.717) is 0 Å². The third-order valence-electron chi connectivity index (χ3n) is 3.43. The molecule has 0 aromatic heterocycles. The topological polar surface area (TPSA) is 26.0 Å². The third kappa shape index (κ3) is 3.73.